The Hall–Kier alpha value is -3.47. The second-order valence-electron chi connectivity index (χ2n) is 13.4. The Balaban J connectivity index is 1.75. The van der Waals surface area contributed by atoms with Gasteiger partial charge >= 0.3 is 11.9 Å². The number of carbonyl (C=O) groups excluding carboxylic acids is 2. The van der Waals surface area contributed by atoms with Crippen LogP contribution in [0.25, 0.3) is 0 Å². The summed E-state index contributed by atoms with van der Waals surface area (Å²) in [5.74, 6) is -1.25. The molecule has 2 aromatic rings. The molecule has 0 radical (unpaired) electrons. The second kappa shape index (κ2) is 11.2. The van der Waals surface area contributed by atoms with E-state index in [1.54, 1.807) is 18.2 Å². The number of nitro groups is 1. The standard InChI is InChI=1S/C33H34BrF3N2O5/c1-6-11-38-22-14-31(2,3)16-24(40)29(22)28(30-23(38)15-32(4,5)17-25(30)41)20-13-19(34)8-10-26(20)44-27-9-7-18(33(35,36)37)12-21(27)39(42)43/h7-10,12-13,28H,6,11,14-17H2,1-5H3. The number of nitro benzene ring substituents is 1. The lowest BCUT2D eigenvalue weighted by Gasteiger charge is -2.49. The van der Waals surface area contributed by atoms with Gasteiger partial charge in [0.2, 0.25) is 5.75 Å². The molecule has 0 unspecified atom stereocenters. The quantitative estimate of drug-likeness (QED) is 0.224. The fraction of sp³-hybridized carbons (Fsp3) is 0.455. The van der Waals surface area contributed by atoms with E-state index in [2.05, 4.69) is 27.8 Å². The normalized spacial score (nSPS) is 20.1. The third-order valence-corrected chi connectivity index (χ3v) is 8.95. The molecule has 0 saturated heterocycles. The lowest BCUT2D eigenvalue weighted by atomic mass is 9.63. The molecular formula is C33H34BrF3N2O5. The van der Waals surface area contributed by atoms with Crippen molar-refractivity contribution in [3.05, 3.63) is 84.7 Å². The molecule has 0 spiro atoms. The van der Waals surface area contributed by atoms with Gasteiger partial charge < -0.3 is 9.64 Å². The van der Waals surface area contributed by atoms with E-state index in [9.17, 15) is 32.9 Å². The second-order valence-corrected chi connectivity index (χ2v) is 14.3. The summed E-state index contributed by atoms with van der Waals surface area (Å²) < 4.78 is 46.8. The minimum atomic E-state index is -4.78. The van der Waals surface area contributed by atoms with Crippen LogP contribution in [0.4, 0.5) is 18.9 Å². The van der Waals surface area contributed by atoms with Gasteiger partial charge in [-0.15, -0.1) is 0 Å². The molecule has 0 N–H and O–H groups in total. The molecule has 0 amide bonds. The predicted molar refractivity (Wildman–Crippen MR) is 162 cm³/mol. The molecule has 0 aromatic heterocycles. The van der Waals surface area contributed by atoms with Crippen LogP contribution in [0.5, 0.6) is 11.5 Å². The van der Waals surface area contributed by atoms with Crippen LogP contribution < -0.4 is 4.74 Å². The number of nitrogens with zero attached hydrogens (tertiary/aromatic N) is 2. The minimum Gasteiger partial charge on any atom is -0.450 e. The highest BCUT2D eigenvalue weighted by Crippen LogP contribution is 2.56. The van der Waals surface area contributed by atoms with Crippen LogP contribution >= 0.6 is 15.9 Å². The predicted octanol–water partition coefficient (Wildman–Crippen LogP) is 9.26. The number of ether oxygens (including phenoxy) is 1. The zero-order valence-electron chi connectivity index (χ0n) is 25.2. The monoisotopic (exact) mass is 674 g/mol. The van der Waals surface area contributed by atoms with Gasteiger partial charge in [0.05, 0.1) is 10.5 Å². The number of allylic oxidation sites excluding steroid dienone is 4. The van der Waals surface area contributed by atoms with E-state index in [0.717, 1.165) is 29.9 Å². The number of rotatable bonds is 6. The molecular weight excluding hydrogens is 641 g/mol. The van der Waals surface area contributed by atoms with E-state index >= 15 is 0 Å². The molecule has 1 heterocycles. The first-order valence-electron chi connectivity index (χ1n) is 14.6. The Morgan fingerprint density at radius 3 is 1.98 bits per heavy atom. The van der Waals surface area contributed by atoms with Gasteiger partial charge in [0.25, 0.3) is 0 Å². The van der Waals surface area contributed by atoms with E-state index in [1.165, 1.54) is 0 Å². The van der Waals surface area contributed by atoms with Crippen molar-refractivity contribution >= 4 is 33.2 Å². The van der Waals surface area contributed by atoms with Crippen molar-refractivity contribution in [2.45, 2.75) is 78.8 Å². The van der Waals surface area contributed by atoms with Crippen LogP contribution in [0.1, 0.15) is 83.8 Å². The third kappa shape index (κ3) is 5.95. The first kappa shape index (κ1) is 31.9. The molecule has 11 heteroatoms. The smallest absolute Gasteiger partial charge is 0.416 e. The fourth-order valence-corrected chi connectivity index (χ4v) is 7.11. The van der Waals surface area contributed by atoms with E-state index < -0.39 is 28.3 Å². The van der Waals surface area contributed by atoms with Gasteiger partial charge in [-0.05, 0) is 60.4 Å². The molecule has 1 aliphatic heterocycles. The van der Waals surface area contributed by atoms with Gasteiger partial charge in [0.15, 0.2) is 11.6 Å². The zero-order valence-corrected chi connectivity index (χ0v) is 26.8. The maximum atomic E-state index is 14.0. The number of alkyl halides is 3. The van der Waals surface area contributed by atoms with E-state index in [0.29, 0.717) is 46.6 Å². The van der Waals surface area contributed by atoms with Gasteiger partial charge in [0.1, 0.15) is 5.75 Å². The molecule has 2 aromatic carbocycles. The molecule has 0 bridgehead atoms. The Morgan fingerprint density at radius 2 is 1.48 bits per heavy atom. The third-order valence-electron chi connectivity index (χ3n) is 8.45. The summed E-state index contributed by atoms with van der Waals surface area (Å²) in [6, 6.07) is 7.01. The van der Waals surface area contributed by atoms with Crippen LogP contribution in [-0.2, 0) is 15.8 Å². The summed E-state index contributed by atoms with van der Waals surface area (Å²) >= 11 is 3.50. The van der Waals surface area contributed by atoms with Crippen molar-refractivity contribution in [2.24, 2.45) is 10.8 Å². The number of halogens is 4. The Morgan fingerprint density at radius 1 is 0.932 bits per heavy atom. The van der Waals surface area contributed by atoms with Crippen molar-refractivity contribution < 1.29 is 32.4 Å². The average Bonchev–Trinajstić information content (AvgIpc) is 2.88. The van der Waals surface area contributed by atoms with Crippen LogP contribution in [0.3, 0.4) is 0 Å². The molecule has 0 atom stereocenters. The molecule has 44 heavy (non-hydrogen) atoms. The summed E-state index contributed by atoms with van der Waals surface area (Å²) in [5, 5.41) is 11.9. The number of hydrogen-bond donors (Lipinski definition) is 0. The highest BCUT2D eigenvalue weighted by molar-refractivity contribution is 9.10. The summed E-state index contributed by atoms with van der Waals surface area (Å²) in [6.07, 6.45) is -2.20. The lowest BCUT2D eigenvalue weighted by Crippen LogP contribution is -2.44. The molecule has 0 saturated carbocycles. The summed E-state index contributed by atoms with van der Waals surface area (Å²) in [7, 11) is 0. The molecule has 5 rings (SSSR count). The molecule has 7 nitrogen and oxygen atoms in total. The Kier molecular flexibility index (Phi) is 8.10. The maximum Gasteiger partial charge on any atom is 0.416 e. The molecule has 234 valence electrons. The van der Waals surface area contributed by atoms with E-state index in [-0.39, 0.29) is 46.7 Å². The Labute approximate surface area is 262 Å². The lowest BCUT2D eigenvalue weighted by molar-refractivity contribution is -0.385. The number of Topliss-reactive ketones (excluding diaryl/α,β-unsaturated/α-hetero) is 2. The molecule has 3 aliphatic rings. The van der Waals surface area contributed by atoms with E-state index in [4.69, 9.17) is 4.74 Å². The first-order chi connectivity index (χ1) is 20.4. The van der Waals surface area contributed by atoms with Gasteiger partial charge in [-0.25, -0.2) is 0 Å². The van der Waals surface area contributed by atoms with Gasteiger partial charge in [-0.1, -0.05) is 50.5 Å². The number of ketones is 2. The maximum absolute atomic E-state index is 14.0. The summed E-state index contributed by atoms with van der Waals surface area (Å²) in [4.78, 5) is 41.2. The van der Waals surface area contributed by atoms with Crippen LogP contribution in [0, 0.1) is 20.9 Å². The zero-order chi connectivity index (χ0) is 32.4. The molecule has 0 fully saturated rings. The van der Waals surface area contributed by atoms with Gasteiger partial charge in [-0.3, -0.25) is 19.7 Å². The van der Waals surface area contributed by atoms with Crippen molar-refractivity contribution in [3.63, 3.8) is 0 Å². The summed E-state index contributed by atoms with van der Waals surface area (Å²) in [5.41, 5.74) is 0.549. The number of hydrogen-bond acceptors (Lipinski definition) is 6. The minimum absolute atomic E-state index is 0.0852. The van der Waals surface area contributed by atoms with Crippen molar-refractivity contribution in [1.82, 2.24) is 4.90 Å². The fourth-order valence-electron chi connectivity index (χ4n) is 6.73. The van der Waals surface area contributed by atoms with Crippen molar-refractivity contribution in [2.75, 3.05) is 6.54 Å². The van der Waals surface area contributed by atoms with Crippen LogP contribution in [-0.4, -0.2) is 27.9 Å². The average molecular weight is 676 g/mol. The van der Waals surface area contributed by atoms with Crippen LogP contribution in [0.15, 0.2) is 63.4 Å². The van der Waals surface area contributed by atoms with Crippen LogP contribution in [0.2, 0.25) is 0 Å². The van der Waals surface area contributed by atoms with Gasteiger partial charge in [-0.2, -0.15) is 13.2 Å². The largest absolute Gasteiger partial charge is 0.450 e. The van der Waals surface area contributed by atoms with Crippen molar-refractivity contribution in [3.8, 4) is 11.5 Å². The molecule has 2 aliphatic carbocycles. The Bertz CT molecular complexity index is 1590. The highest BCUT2D eigenvalue weighted by Gasteiger charge is 2.49. The van der Waals surface area contributed by atoms with E-state index in [1.807, 2.05) is 27.7 Å². The summed E-state index contributed by atoms with van der Waals surface area (Å²) in [6.45, 7) is 10.9. The SMILES string of the molecule is CCCN1C2=C(C(=O)CC(C)(C)C2)C(c2cc(Br)ccc2Oc2ccc(C(F)(F)F)cc2[N+](=O)[O-])C2=C1CC(C)(C)CC2=O. The topological polar surface area (TPSA) is 89.8 Å². The van der Waals surface area contributed by atoms with Crippen molar-refractivity contribution in [1.29, 1.82) is 0 Å². The number of benzene rings is 2. The van der Waals surface area contributed by atoms with Gasteiger partial charge in [0, 0.05) is 63.9 Å². The highest BCUT2D eigenvalue weighted by atomic mass is 79.9. The number of carbonyl (C=O) groups is 2. The first-order valence-corrected chi connectivity index (χ1v) is 15.3.